The SMILES string of the molecule is CC1(C)c2ccccc2-c2ccc(-c3c4ccccc4c(-c4ccc(-c5ccc6cc7c(cc6c5)C(C)(C)c5c-7c6ccccc6c6ccccc56)cc4)c4ccccc34)cc21. The van der Waals surface area contributed by atoms with Gasteiger partial charge in [0, 0.05) is 10.8 Å². The summed E-state index contributed by atoms with van der Waals surface area (Å²) in [6.45, 7) is 9.58. The van der Waals surface area contributed by atoms with E-state index in [1.165, 1.54) is 132 Å². The van der Waals surface area contributed by atoms with E-state index < -0.39 is 0 Å². The number of rotatable bonds is 3. The highest BCUT2D eigenvalue weighted by Gasteiger charge is 2.39. The molecule has 11 aromatic rings. The van der Waals surface area contributed by atoms with E-state index in [2.05, 4.69) is 222 Å². The first-order valence-electron chi connectivity index (χ1n) is 22.1. The molecule has 0 heterocycles. The Labute approximate surface area is 362 Å². The van der Waals surface area contributed by atoms with Gasteiger partial charge in [0.25, 0.3) is 0 Å². The molecule has 0 nitrogen and oxygen atoms in total. The fourth-order valence-corrected chi connectivity index (χ4v) is 11.8. The van der Waals surface area contributed by atoms with Crippen LogP contribution in [-0.2, 0) is 10.8 Å². The standard InChI is InChI=1S/C62H44/c1-61(2)54-24-14-13-17-45(54)46-32-31-41(35-55(46)61)58-50-21-10-8-19-48(50)57(49-20-9-11-22-51(49)58)38-27-25-37(26-28-38)39-29-30-40-34-53-56(36-42(40)33-39)62(3,4)60-52-23-12-6-16-44(52)43-15-5-7-18-47(43)59(53)60/h5-36H,1-4H3. The number of hydrogen-bond donors (Lipinski definition) is 0. The van der Waals surface area contributed by atoms with Crippen molar-refractivity contribution in [1.29, 1.82) is 0 Å². The van der Waals surface area contributed by atoms with Crippen molar-refractivity contribution >= 4 is 53.9 Å². The molecule has 2 aliphatic rings. The summed E-state index contributed by atoms with van der Waals surface area (Å²) in [6.07, 6.45) is 0. The van der Waals surface area contributed by atoms with Crippen LogP contribution in [0.4, 0.5) is 0 Å². The maximum atomic E-state index is 2.48. The Kier molecular flexibility index (Phi) is 7.23. The van der Waals surface area contributed by atoms with Gasteiger partial charge >= 0.3 is 0 Å². The Morgan fingerprint density at radius 2 is 0.726 bits per heavy atom. The van der Waals surface area contributed by atoms with E-state index in [0.717, 1.165) is 0 Å². The molecule has 292 valence electrons. The van der Waals surface area contributed by atoms with Crippen LogP contribution in [0.2, 0.25) is 0 Å². The second-order valence-corrected chi connectivity index (χ2v) is 18.8. The van der Waals surface area contributed by atoms with Crippen LogP contribution >= 0.6 is 0 Å². The molecule has 0 amide bonds. The molecule has 11 aromatic carbocycles. The van der Waals surface area contributed by atoms with Gasteiger partial charge in [-0.3, -0.25) is 0 Å². The number of benzene rings is 11. The number of fused-ring (bicyclic) bond motifs is 14. The average molecular weight is 789 g/mol. The van der Waals surface area contributed by atoms with Gasteiger partial charge in [-0.15, -0.1) is 0 Å². The second kappa shape index (κ2) is 12.6. The summed E-state index contributed by atoms with van der Waals surface area (Å²) in [5.74, 6) is 0. The summed E-state index contributed by atoms with van der Waals surface area (Å²) < 4.78 is 0. The lowest BCUT2D eigenvalue weighted by Gasteiger charge is -2.24. The van der Waals surface area contributed by atoms with Gasteiger partial charge in [0.2, 0.25) is 0 Å². The Bertz CT molecular complexity index is 3670. The van der Waals surface area contributed by atoms with Crippen LogP contribution < -0.4 is 0 Å². The highest BCUT2D eigenvalue weighted by molar-refractivity contribution is 6.22. The Morgan fingerprint density at radius 3 is 1.39 bits per heavy atom. The van der Waals surface area contributed by atoms with Crippen LogP contribution in [0.15, 0.2) is 194 Å². The van der Waals surface area contributed by atoms with Crippen molar-refractivity contribution in [1.82, 2.24) is 0 Å². The maximum absolute atomic E-state index is 2.48. The minimum atomic E-state index is -0.135. The lowest BCUT2D eigenvalue weighted by atomic mass is 9.79. The van der Waals surface area contributed by atoms with Gasteiger partial charge in [0.05, 0.1) is 0 Å². The molecular formula is C62H44. The third-order valence-corrected chi connectivity index (χ3v) is 14.8. The predicted octanol–water partition coefficient (Wildman–Crippen LogP) is 17.1. The Morgan fingerprint density at radius 1 is 0.258 bits per heavy atom. The van der Waals surface area contributed by atoms with Gasteiger partial charge in [0.1, 0.15) is 0 Å². The van der Waals surface area contributed by atoms with Crippen LogP contribution in [0, 0.1) is 0 Å². The lowest BCUT2D eigenvalue weighted by Crippen LogP contribution is -2.15. The molecule has 0 saturated heterocycles. The highest BCUT2D eigenvalue weighted by atomic mass is 14.4. The zero-order valence-electron chi connectivity index (χ0n) is 35.5. The van der Waals surface area contributed by atoms with Gasteiger partial charge in [-0.05, 0) is 156 Å². The van der Waals surface area contributed by atoms with E-state index in [4.69, 9.17) is 0 Å². The first-order valence-corrected chi connectivity index (χ1v) is 22.1. The third kappa shape index (κ3) is 4.78. The van der Waals surface area contributed by atoms with E-state index in [9.17, 15) is 0 Å². The summed E-state index contributed by atoms with van der Waals surface area (Å²) in [5.41, 5.74) is 18.5. The molecular weight excluding hydrogens is 745 g/mol. The van der Waals surface area contributed by atoms with Gasteiger partial charge in [-0.25, -0.2) is 0 Å². The minimum absolute atomic E-state index is 0.0621. The largest absolute Gasteiger partial charge is 0.0619 e. The molecule has 2 aliphatic carbocycles. The van der Waals surface area contributed by atoms with Crippen molar-refractivity contribution in [2.24, 2.45) is 0 Å². The van der Waals surface area contributed by atoms with Crippen molar-refractivity contribution in [2.75, 3.05) is 0 Å². The van der Waals surface area contributed by atoms with E-state index >= 15 is 0 Å². The monoisotopic (exact) mass is 788 g/mol. The van der Waals surface area contributed by atoms with E-state index in [-0.39, 0.29) is 10.8 Å². The third-order valence-electron chi connectivity index (χ3n) is 14.8. The molecule has 0 unspecified atom stereocenters. The van der Waals surface area contributed by atoms with Crippen LogP contribution in [0.25, 0.3) is 109 Å². The molecule has 0 atom stereocenters. The maximum Gasteiger partial charge on any atom is 0.0165 e. The van der Waals surface area contributed by atoms with Crippen LogP contribution in [0.1, 0.15) is 49.9 Å². The Balaban J connectivity index is 0.918. The Hall–Kier alpha value is -7.28. The molecule has 13 rings (SSSR count). The van der Waals surface area contributed by atoms with E-state index in [1.807, 2.05) is 0 Å². The van der Waals surface area contributed by atoms with Crippen LogP contribution in [0.5, 0.6) is 0 Å². The topological polar surface area (TPSA) is 0 Å². The van der Waals surface area contributed by atoms with Crippen molar-refractivity contribution in [3.63, 3.8) is 0 Å². The molecule has 62 heavy (non-hydrogen) atoms. The van der Waals surface area contributed by atoms with Crippen LogP contribution in [0.3, 0.4) is 0 Å². The second-order valence-electron chi connectivity index (χ2n) is 18.8. The normalized spacial score (nSPS) is 14.4. The average Bonchev–Trinajstić information content (AvgIpc) is 3.69. The molecule has 0 radical (unpaired) electrons. The fraction of sp³-hybridized carbons (Fsp3) is 0.0968. The van der Waals surface area contributed by atoms with Gasteiger partial charge in [0.15, 0.2) is 0 Å². The van der Waals surface area contributed by atoms with Crippen molar-refractivity contribution in [2.45, 2.75) is 38.5 Å². The van der Waals surface area contributed by atoms with Crippen LogP contribution in [-0.4, -0.2) is 0 Å². The first-order chi connectivity index (χ1) is 30.3. The quantitative estimate of drug-likeness (QED) is 0.124. The smallest absolute Gasteiger partial charge is 0.0165 e. The van der Waals surface area contributed by atoms with E-state index in [0.29, 0.717) is 0 Å². The molecule has 0 saturated carbocycles. The predicted molar refractivity (Wildman–Crippen MR) is 265 cm³/mol. The van der Waals surface area contributed by atoms with Gasteiger partial charge < -0.3 is 0 Å². The van der Waals surface area contributed by atoms with Gasteiger partial charge in [-0.2, -0.15) is 0 Å². The zero-order chi connectivity index (χ0) is 41.5. The molecule has 0 N–H and O–H groups in total. The van der Waals surface area contributed by atoms with Crippen molar-refractivity contribution in [3.8, 4) is 55.6 Å². The van der Waals surface area contributed by atoms with Crippen molar-refractivity contribution in [3.05, 3.63) is 216 Å². The molecule has 0 aliphatic heterocycles. The summed E-state index contributed by atoms with van der Waals surface area (Å²) in [6, 6.07) is 73.4. The highest BCUT2D eigenvalue weighted by Crippen LogP contribution is 2.56. The fourth-order valence-electron chi connectivity index (χ4n) is 11.8. The molecule has 0 bridgehead atoms. The lowest BCUT2D eigenvalue weighted by molar-refractivity contribution is 0.660. The number of hydrogen-bond acceptors (Lipinski definition) is 0. The summed E-state index contributed by atoms with van der Waals surface area (Å²) >= 11 is 0. The summed E-state index contributed by atoms with van der Waals surface area (Å²) in [4.78, 5) is 0. The zero-order valence-corrected chi connectivity index (χ0v) is 35.5. The molecule has 0 aromatic heterocycles. The summed E-state index contributed by atoms with van der Waals surface area (Å²) in [5, 5.41) is 13.1. The summed E-state index contributed by atoms with van der Waals surface area (Å²) in [7, 11) is 0. The van der Waals surface area contributed by atoms with Gasteiger partial charge in [-0.1, -0.05) is 198 Å². The molecule has 0 fully saturated rings. The molecule has 0 heteroatoms. The van der Waals surface area contributed by atoms with Crippen molar-refractivity contribution < 1.29 is 0 Å². The first kappa shape index (κ1) is 35.5. The minimum Gasteiger partial charge on any atom is -0.0619 e. The molecule has 0 spiro atoms. The van der Waals surface area contributed by atoms with E-state index in [1.54, 1.807) is 0 Å².